The lowest BCUT2D eigenvalue weighted by atomic mass is 9.90. The van der Waals surface area contributed by atoms with Crippen LogP contribution in [0.4, 0.5) is 0 Å². The summed E-state index contributed by atoms with van der Waals surface area (Å²) in [5.41, 5.74) is 0.324. The molecule has 156 valence electrons. The van der Waals surface area contributed by atoms with E-state index >= 15 is 0 Å². The molecule has 2 fully saturated rings. The first-order chi connectivity index (χ1) is 13.5. The second kappa shape index (κ2) is 9.74. The maximum absolute atomic E-state index is 13.0. The van der Waals surface area contributed by atoms with E-state index in [2.05, 4.69) is 4.72 Å². The molecule has 1 amide bonds. The number of amides is 1. The number of hydrogen-bond donors (Lipinski definition) is 1. The van der Waals surface area contributed by atoms with Crippen molar-refractivity contribution < 1.29 is 17.9 Å². The molecule has 0 unspecified atom stereocenters. The number of hydrogen-bond acceptors (Lipinski definition) is 4. The average Bonchev–Trinajstić information content (AvgIpc) is 3.01. The third kappa shape index (κ3) is 5.26. The summed E-state index contributed by atoms with van der Waals surface area (Å²) < 4.78 is 33.7. The zero-order chi connectivity index (χ0) is 20.0. The highest BCUT2D eigenvalue weighted by atomic mass is 32.2. The smallest absolute Gasteiger partial charge is 0.257 e. The summed E-state index contributed by atoms with van der Waals surface area (Å²) in [4.78, 5) is 15.0. The predicted molar refractivity (Wildman–Crippen MR) is 109 cm³/mol. The second-order valence-corrected chi connectivity index (χ2v) is 9.69. The molecule has 1 saturated heterocycles. The van der Waals surface area contributed by atoms with E-state index in [9.17, 15) is 13.2 Å². The van der Waals surface area contributed by atoms with Gasteiger partial charge in [0.05, 0.1) is 17.6 Å². The average molecular weight is 409 g/mol. The van der Waals surface area contributed by atoms with Gasteiger partial charge in [-0.2, -0.15) is 0 Å². The van der Waals surface area contributed by atoms with Crippen LogP contribution in [0, 0.1) is 5.92 Å². The van der Waals surface area contributed by atoms with E-state index in [1.165, 1.54) is 38.5 Å². The Labute approximate surface area is 168 Å². The Hall–Kier alpha value is -1.60. The molecule has 6 nitrogen and oxygen atoms in total. The molecular weight excluding hydrogens is 376 g/mol. The molecule has 1 N–H and O–H groups in total. The van der Waals surface area contributed by atoms with Crippen molar-refractivity contribution in [1.82, 2.24) is 9.62 Å². The lowest BCUT2D eigenvalue weighted by Gasteiger charge is -2.23. The van der Waals surface area contributed by atoms with Crippen molar-refractivity contribution in [2.45, 2.75) is 62.7 Å². The molecule has 1 aromatic carbocycles. The third-order valence-corrected chi connectivity index (χ3v) is 7.31. The van der Waals surface area contributed by atoms with Crippen molar-refractivity contribution in [2.75, 3.05) is 26.7 Å². The normalized spacial score (nSPS) is 19.2. The van der Waals surface area contributed by atoms with Gasteiger partial charge in [-0.05, 0) is 49.8 Å². The summed E-state index contributed by atoms with van der Waals surface area (Å²) in [6.07, 6.45) is 9.94. The van der Waals surface area contributed by atoms with Crippen molar-refractivity contribution in [2.24, 2.45) is 5.92 Å². The fourth-order valence-electron chi connectivity index (χ4n) is 4.17. The van der Waals surface area contributed by atoms with Gasteiger partial charge < -0.3 is 9.64 Å². The van der Waals surface area contributed by atoms with Crippen molar-refractivity contribution in [3.63, 3.8) is 0 Å². The highest BCUT2D eigenvalue weighted by Crippen LogP contribution is 2.26. The van der Waals surface area contributed by atoms with Gasteiger partial charge in [-0.25, -0.2) is 13.1 Å². The summed E-state index contributed by atoms with van der Waals surface area (Å²) >= 11 is 0. The van der Waals surface area contributed by atoms with E-state index in [1.807, 2.05) is 4.90 Å². The lowest BCUT2D eigenvalue weighted by Crippen LogP contribution is -2.33. The number of likely N-dealkylation sites (tertiary alicyclic amines) is 1. The number of carbonyl (C=O) groups is 1. The molecule has 1 heterocycles. The molecule has 1 aliphatic carbocycles. The number of methoxy groups -OCH3 is 1. The minimum atomic E-state index is -3.65. The Kier molecular flexibility index (Phi) is 7.35. The molecule has 0 atom stereocenters. The maximum atomic E-state index is 13.0. The van der Waals surface area contributed by atoms with E-state index in [1.54, 1.807) is 6.07 Å². The number of ether oxygens (including phenoxy) is 1. The highest BCUT2D eigenvalue weighted by Gasteiger charge is 2.25. The molecule has 0 bridgehead atoms. The molecule has 1 aromatic rings. The molecule has 28 heavy (non-hydrogen) atoms. The van der Waals surface area contributed by atoms with Crippen molar-refractivity contribution in [3.05, 3.63) is 23.8 Å². The third-order valence-electron chi connectivity index (χ3n) is 5.89. The Bertz CT molecular complexity index is 765. The van der Waals surface area contributed by atoms with Crippen molar-refractivity contribution >= 4 is 15.9 Å². The SMILES string of the molecule is COc1ccc(S(=O)(=O)NCC2CCCCC2)cc1C(=O)N1CCCCCC1. The molecule has 0 aromatic heterocycles. The van der Waals surface area contributed by atoms with Gasteiger partial charge in [-0.15, -0.1) is 0 Å². The summed E-state index contributed by atoms with van der Waals surface area (Å²) in [6, 6.07) is 4.57. The zero-order valence-corrected chi connectivity index (χ0v) is 17.6. The van der Waals surface area contributed by atoms with E-state index < -0.39 is 10.0 Å². The van der Waals surface area contributed by atoms with Gasteiger partial charge in [0.2, 0.25) is 10.0 Å². The molecular formula is C21H32N2O4S. The molecule has 3 rings (SSSR count). The van der Waals surface area contributed by atoms with Gasteiger partial charge in [0.25, 0.3) is 5.91 Å². The van der Waals surface area contributed by atoms with Gasteiger partial charge in [-0.1, -0.05) is 32.1 Å². The van der Waals surface area contributed by atoms with Gasteiger partial charge in [-0.3, -0.25) is 4.79 Å². The molecule has 1 aliphatic heterocycles. The Morgan fingerprint density at radius 3 is 2.36 bits per heavy atom. The predicted octanol–water partition coefficient (Wildman–Crippen LogP) is 3.57. The standard InChI is InChI=1S/C21H32N2O4S/c1-27-20-12-11-18(28(25,26)22-16-17-9-5-4-6-10-17)15-19(20)21(24)23-13-7-2-3-8-14-23/h11-12,15,17,22H,2-10,13-14,16H2,1H3. The minimum Gasteiger partial charge on any atom is -0.496 e. The van der Waals surface area contributed by atoms with Crippen LogP contribution in [0.2, 0.25) is 0 Å². The van der Waals surface area contributed by atoms with Crippen LogP contribution in [0.5, 0.6) is 5.75 Å². The first kappa shape index (κ1) is 21.1. The van der Waals surface area contributed by atoms with Gasteiger partial charge >= 0.3 is 0 Å². The molecule has 7 heteroatoms. The van der Waals surface area contributed by atoms with E-state index in [0.29, 0.717) is 36.9 Å². The first-order valence-electron chi connectivity index (χ1n) is 10.5. The number of carbonyl (C=O) groups excluding carboxylic acids is 1. The summed E-state index contributed by atoms with van der Waals surface area (Å²) in [6.45, 7) is 1.88. The topological polar surface area (TPSA) is 75.7 Å². The van der Waals surface area contributed by atoms with Gasteiger partial charge in [0, 0.05) is 19.6 Å². The molecule has 0 radical (unpaired) electrons. The number of nitrogens with zero attached hydrogens (tertiary/aromatic N) is 1. The Morgan fingerprint density at radius 1 is 1.07 bits per heavy atom. The number of nitrogens with one attached hydrogen (secondary N) is 1. The van der Waals surface area contributed by atoms with Crippen LogP contribution < -0.4 is 9.46 Å². The maximum Gasteiger partial charge on any atom is 0.257 e. The van der Waals surface area contributed by atoms with Gasteiger partial charge in [0.1, 0.15) is 5.75 Å². The lowest BCUT2D eigenvalue weighted by molar-refractivity contribution is 0.0758. The number of sulfonamides is 1. The van der Waals surface area contributed by atoms with Crippen molar-refractivity contribution in [1.29, 1.82) is 0 Å². The molecule has 0 spiro atoms. The quantitative estimate of drug-likeness (QED) is 0.781. The highest BCUT2D eigenvalue weighted by molar-refractivity contribution is 7.89. The van der Waals surface area contributed by atoms with E-state index in [4.69, 9.17) is 4.74 Å². The van der Waals surface area contributed by atoms with Crippen LogP contribution >= 0.6 is 0 Å². The van der Waals surface area contributed by atoms with Crippen LogP contribution in [0.15, 0.2) is 23.1 Å². The van der Waals surface area contributed by atoms with Crippen LogP contribution in [-0.4, -0.2) is 46.0 Å². The Balaban J connectivity index is 1.77. The fraction of sp³-hybridized carbons (Fsp3) is 0.667. The van der Waals surface area contributed by atoms with Crippen molar-refractivity contribution in [3.8, 4) is 5.75 Å². The minimum absolute atomic E-state index is 0.127. The fourth-order valence-corrected chi connectivity index (χ4v) is 5.31. The monoisotopic (exact) mass is 408 g/mol. The molecule has 2 aliphatic rings. The van der Waals surface area contributed by atoms with E-state index in [-0.39, 0.29) is 10.8 Å². The second-order valence-electron chi connectivity index (χ2n) is 7.92. The largest absolute Gasteiger partial charge is 0.496 e. The number of benzene rings is 1. The van der Waals surface area contributed by atoms with Crippen LogP contribution in [0.25, 0.3) is 0 Å². The first-order valence-corrected chi connectivity index (χ1v) is 12.0. The summed E-state index contributed by atoms with van der Waals surface area (Å²) in [5.74, 6) is 0.670. The van der Waals surface area contributed by atoms with Crippen LogP contribution in [0.1, 0.15) is 68.1 Å². The van der Waals surface area contributed by atoms with Gasteiger partial charge in [0.15, 0.2) is 0 Å². The van der Waals surface area contributed by atoms with Crippen LogP contribution in [0.3, 0.4) is 0 Å². The number of rotatable bonds is 6. The summed E-state index contributed by atoms with van der Waals surface area (Å²) in [7, 11) is -2.15. The Morgan fingerprint density at radius 2 is 1.71 bits per heavy atom. The zero-order valence-electron chi connectivity index (χ0n) is 16.8. The summed E-state index contributed by atoms with van der Waals surface area (Å²) in [5, 5.41) is 0. The van der Waals surface area contributed by atoms with E-state index in [0.717, 1.165) is 38.5 Å². The molecule has 1 saturated carbocycles. The van der Waals surface area contributed by atoms with Crippen LogP contribution in [-0.2, 0) is 10.0 Å².